The quantitative estimate of drug-likeness (QED) is 0.532. The number of nitrogens with zero attached hydrogens (tertiary/aromatic N) is 1. The van der Waals surface area contributed by atoms with Gasteiger partial charge in [0.1, 0.15) is 20.2 Å². The Morgan fingerprint density at radius 1 is 1.62 bits per heavy atom. The third-order valence-corrected chi connectivity index (χ3v) is 2.10. The van der Waals surface area contributed by atoms with Crippen molar-refractivity contribution in [3.63, 3.8) is 0 Å². The Morgan fingerprint density at radius 3 is 3.31 bits per heavy atom. The predicted molar refractivity (Wildman–Crippen MR) is 50.8 cm³/mol. The zero-order chi connectivity index (χ0) is 9.26. The highest BCUT2D eigenvalue weighted by Crippen LogP contribution is 2.22. The van der Waals surface area contributed by atoms with Crippen molar-refractivity contribution in [1.82, 2.24) is 0 Å². The summed E-state index contributed by atoms with van der Waals surface area (Å²) < 4.78 is 5.38. The zero-order valence-electron chi connectivity index (χ0n) is 7.23. The first-order valence-corrected chi connectivity index (χ1v) is 4.27. The van der Waals surface area contributed by atoms with Gasteiger partial charge in [-0.3, -0.25) is 4.99 Å². The standard InChI is InChI=1S/C9H10BNO2/c10-8-4-11-3-6-1-2-7(12)5-13-9(6)8/h1,4,7,12H,2-3,5H2. The lowest BCUT2D eigenvalue weighted by atomic mass is 9.91. The molecular formula is C9H10BNO2. The number of allylic oxidation sites excluding steroid dienone is 1. The molecule has 0 bridgehead atoms. The first kappa shape index (κ1) is 8.57. The lowest BCUT2D eigenvalue weighted by molar-refractivity contribution is 0.0811. The van der Waals surface area contributed by atoms with Crippen molar-refractivity contribution in [1.29, 1.82) is 0 Å². The molecule has 0 spiro atoms. The van der Waals surface area contributed by atoms with Crippen LogP contribution >= 0.6 is 0 Å². The van der Waals surface area contributed by atoms with Crippen LogP contribution in [0.1, 0.15) is 6.42 Å². The third kappa shape index (κ3) is 1.67. The van der Waals surface area contributed by atoms with E-state index in [-0.39, 0.29) is 0 Å². The maximum atomic E-state index is 9.35. The minimum atomic E-state index is -0.432. The summed E-state index contributed by atoms with van der Waals surface area (Å²) in [6.45, 7) is 0.909. The molecule has 0 aromatic heterocycles. The van der Waals surface area contributed by atoms with Crippen LogP contribution in [0, 0.1) is 0 Å². The van der Waals surface area contributed by atoms with Crippen LogP contribution in [0.25, 0.3) is 0 Å². The van der Waals surface area contributed by atoms with Gasteiger partial charge >= 0.3 is 0 Å². The number of fused-ring (bicyclic) bond motifs is 1. The Bertz CT molecular complexity index is 307. The van der Waals surface area contributed by atoms with Gasteiger partial charge in [-0.2, -0.15) is 0 Å². The Hall–Kier alpha value is -1.03. The molecule has 2 heterocycles. The first-order chi connectivity index (χ1) is 6.27. The van der Waals surface area contributed by atoms with E-state index in [1.165, 1.54) is 0 Å². The van der Waals surface area contributed by atoms with E-state index < -0.39 is 6.10 Å². The van der Waals surface area contributed by atoms with Crippen LogP contribution in [0.2, 0.25) is 0 Å². The molecule has 2 radical (unpaired) electrons. The summed E-state index contributed by atoms with van der Waals surface area (Å²) in [6, 6.07) is 0. The van der Waals surface area contributed by atoms with Gasteiger partial charge in [-0.25, -0.2) is 0 Å². The molecule has 0 amide bonds. The average molecular weight is 175 g/mol. The molecule has 3 nitrogen and oxygen atoms in total. The molecule has 0 fully saturated rings. The monoisotopic (exact) mass is 175 g/mol. The van der Waals surface area contributed by atoms with Gasteiger partial charge in [-0.05, 0) is 11.9 Å². The maximum Gasteiger partial charge on any atom is 0.121 e. The van der Waals surface area contributed by atoms with Crippen molar-refractivity contribution in [2.24, 2.45) is 4.99 Å². The van der Waals surface area contributed by atoms with E-state index in [0.29, 0.717) is 30.8 Å². The lowest BCUT2D eigenvalue weighted by Crippen LogP contribution is -2.13. The van der Waals surface area contributed by atoms with Crippen LogP contribution in [0.5, 0.6) is 0 Å². The fourth-order valence-corrected chi connectivity index (χ4v) is 1.42. The Labute approximate surface area is 78.2 Å². The second-order valence-electron chi connectivity index (χ2n) is 3.18. The van der Waals surface area contributed by atoms with Crippen LogP contribution in [0.3, 0.4) is 0 Å². The number of aliphatic imine (C=N–C) groups is 1. The highest BCUT2D eigenvalue weighted by atomic mass is 16.5. The normalized spacial score (nSPS) is 27.5. The van der Waals surface area contributed by atoms with E-state index in [1.807, 2.05) is 6.08 Å². The molecule has 1 atom stereocenters. The van der Waals surface area contributed by atoms with Crippen molar-refractivity contribution in [2.75, 3.05) is 13.2 Å². The van der Waals surface area contributed by atoms with Gasteiger partial charge in [-0.15, -0.1) is 0 Å². The maximum absolute atomic E-state index is 9.35. The molecule has 4 heteroatoms. The van der Waals surface area contributed by atoms with E-state index >= 15 is 0 Å². The van der Waals surface area contributed by atoms with Gasteiger partial charge in [0.2, 0.25) is 0 Å². The van der Waals surface area contributed by atoms with Crippen molar-refractivity contribution in [3.8, 4) is 0 Å². The van der Waals surface area contributed by atoms with Gasteiger partial charge in [0, 0.05) is 11.8 Å². The van der Waals surface area contributed by atoms with E-state index in [9.17, 15) is 5.11 Å². The highest BCUT2D eigenvalue weighted by molar-refractivity contribution is 6.33. The van der Waals surface area contributed by atoms with Crippen molar-refractivity contribution in [3.05, 3.63) is 22.9 Å². The number of rotatable bonds is 0. The average Bonchev–Trinajstić information content (AvgIpc) is 2.30. The summed E-state index contributed by atoms with van der Waals surface area (Å²) in [5.41, 5.74) is 1.53. The van der Waals surface area contributed by atoms with E-state index in [4.69, 9.17) is 12.6 Å². The topological polar surface area (TPSA) is 41.8 Å². The zero-order valence-corrected chi connectivity index (χ0v) is 7.23. The van der Waals surface area contributed by atoms with Crippen LogP contribution < -0.4 is 0 Å². The number of aliphatic hydroxyl groups excluding tert-OH is 1. The van der Waals surface area contributed by atoms with Crippen LogP contribution in [0.4, 0.5) is 0 Å². The molecule has 0 aromatic carbocycles. The molecular weight excluding hydrogens is 165 g/mol. The second-order valence-corrected chi connectivity index (χ2v) is 3.18. The highest BCUT2D eigenvalue weighted by Gasteiger charge is 2.18. The van der Waals surface area contributed by atoms with Crippen molar-refractivity contribution < 1.29 is 9.84 Å². The molecule has 13 heavy (non-hydrogen) atoms. The molecule has 1 N–H and O–H groups in total. The van der Waals surface area contributed by atoms with E-state index in [0.717, 1.165) is 5.57 Å². The smallest absolute Gasteiger partial charge is 0.121 e. The molecule has 0 aliphatic carbocycles. The first-order valence-electron chi connectivity index (χ1n) is 4.27. The van der Waals surface area contributed by atoms with Gasteiger partial charge < -0.3 is 9.84 Å². The Kier molecular flexibility index (Phi) is 2.23. The van der Waals surface area contributed by atoms with Gasteiger partial charge in [-0.1, -0.05) is 6.08 Å². The fourth-order valence-electron chi connectivity index (χ4n) is 1.42. The predicted octanol–water partition coefficient (Wildman–Crippen LogP) is 0.158. The molecule has 66 valence electrons. The molecule has 0 aromatic rings. The van der Waals surface area contributed by atoms with E-state index in [1.54, 1.807) is 6.21 Å². The van der Waals surface area contributed by atoms with Crippen molar-refractivity contribution >= 4 is 14.1 Å². The SMILES string of the molecule is [B]C1=C2OCC(O)CC=C2CN=C1. The van der Waals surface area contributed by atoms with Crippen LogP contribution in [-0.2, 0) is 4.74 Å². The Balaban J connectivity index is 2.31. The van der Waals surface area contributed by atoms with Gasteiger partial charge in [0.25, 0.3) is 0 Å². The summed E-state index contributed by atoms with van der Waals surface area (Å²) in [5, 5.41) is 9.35. The summed E-state index contributed by atoms with van der Waals surface area (Å²) in [5.74, 6) is 0.687. The number of aliphatic hydroxyl groups is 1. The molecule has 2 rings (SSSR count). The molecule has 0 saturated carbocycles. The summed E-state index contributed by atoms with van der Waals surface area (Å²) in [4.78, 5) is 4.07. The summed E-state index contributed by atoms with van der Waals surface area (Å²) in [7, 11) is 5.69. The lowest BCUT2D eigenvalue weighted by Gasteiger charge is -2.16. The number of hydrogen-bond donors (Lipinski definition) is 1. The molecule has 2 aliphatic rings. The molecule has 1 unspecified atom stereocenters. The molecule has 0 saturated heterocycles. The summed E-state index contributed by atoms with van der Waals surface area (Å²) in [6.07, 6.45) is 3.72. The van der Waals surface area contributed by atoms with E-state index in [2.05, 4.69) is 4.99 Å². The Morgan fingerprint density at radius 2 is 2.46 bits per heavy atom. The summed E-state index contributed by atoms with van der Waals surface area (Å²) >= 11 is 0. The number of ether oxygens (including phenoxy) is 1. The molecule has 2 aliphatic heterocycles. The minimum Gasteiger partial charge on any atom is -0.491 e. The fraction of sp³-hybridized carbons (Fsp3) is 0.444. The minimum absolute atomic E-state index is 0.309. The van der Waals surface area contributed by atoms with Gasteiger partial charge in [0.05, 0.1) is 12.6 Å². The number of dihydropyridines is 1. The van der Waals surface area contributed by atoms with Gasteiger partial charge in [0.15, 0.2) is 0 Å². The van der Waals surface area contributed by atoms with Crippen LogP contribution in [-0.4, -0.2) is 38.4 Å². The largest absolute Gasteiger partial charge is 0.491 e. The third-order valence-electron chi connectivity index (χ3n) is 2.10. The van der Waals surface area contributed by atoms with Crippen molar-refractivity contribution in [2.45, 2.75) is 12.5 Å². The second kappa shape index (κ2) is 3.38. The van der Waals surface area contributed by atoms with Crippen LogP contribution in [0.15, 0.2) is 27.9 Å². The number of hydrogen-bond acceptors (Lipinski definition) is 3.